The number of amides is 2. The molecule has 0 fully saturated rings. The van der Waals surface area contributed by atoms with Crippen LogP contribution in [0.2, 0.25) is 0 Å². The summed E-state index contributed by atoms with van der Waals surface area (Å²) in [7, 11) is 0. The summed E-state index contributed by atoms with van der Waals surface area (Å²) in [6, 6.07) is 15.7. The Morgan fingerprint density at radius 3 is 1.93 bits per heavy atom. The van der Waals surface area contributed by atoms with E-state index < -0.39 is 0 Å². The second kappa shape index (κ2) is 7.10. The number of hydrogen-bond acceptors (Lipinski definition) is 4. The average Bonchev–Trinajstić information content (AvgIpc) is 3.20. The fourth-order valence-corrected chi connectivity index (χ4v) is 4.60. The molecule has 0 radical (unpaired) electrons. The van der Waals surface area contributed by atoms with Crippen molar-refractivity contribution in [3.05, 3.63) is 76.3 Å². The van der Waals surface area contributed by atoms with Crippen molar-refractivity contribution in [3.63, 3.8) is 0 Å². The van der Waals surface area contributed by atoms with Crippen molar-refractivity contribution in [1.82, 2.24) is 5.01 Å². The van der Waals surface area contributed by atoms with Crippen molar-refractivity contribution in [3.8, 4) is 0 Å². The maximum Gasteiger partial charge on any atom is 0.282 e. The Balaban J connectivity index is 1.48. The van der Waals surface area contributed by atoms with Crippen LogP contribution >= 0.6 is 0 Å². The Hall–Kier alpha value is -3.47. The maximum atomic E-state index is 13.1. The van der Waals surface area contributed by atoms with E-state index in [1.54, 1.807) is 6.21 Å². The van der Waals surface area contributed by atoms with E-state index in [0.29, 0.717) is 11.1 Å². The molecular weight excluding hydrogens is 374 g/mol. The predicted molar refractivity (Wildman–Crippen MR) is 119 cm³/mol. The van der Waals surface area contributed by atoms with Crippen molar-refractivity contribution >= 4 is 34.5 Å². The van der Waals surface area contributed by atoms with Gasteiger partial charge >= 0.3 is 0 Å². The zero-order valence-electron chi connectivity index (χ0n) is 17.2. The van der Waals surface area contributed by atoms with Gasteiger partial charge in [-0.15, -0.1) is 0 Å². The second-order valence-electron chi connectivity index (χ2n) is 7.72. The van der Waals surface area contributed by atoms with E-state index in [1.165, 1.54) is 11.1 Å². The molecule has 1 heterocycles. The Labute approximate surface area is 175 Å². The Kier molecular flexibility index (Phi) is 4.39. The van der Waals surface area contributed by atoms with E-state index in [9.17, 15) is 9.59 Å². The molecule has 0 unspecified atom stereocenters. The van der Waals surface area contributed by atoms with Crippen LogP contribution < -0.4 is 4.90 Å². The predicted octanol–water partition coefficient (Wildman–Crippen LogP) is 4.41. The fourth-order valence-electron chi connectivity index (χ4n) is 4.60. The molecule has 3 aromatic rings. The lowest BCUT2D eigenvalue weighted by atomic mass is 9.92. The minimum Gasteiger partial charge on any atom is -0.372 e. The largest absolute Gasteiger partial charge is 0.372 e. The summed E-state index contributed by atoms with van der Waals surface area (Å²) in [5.41, 5.74) is 5.53. The molecule has 5 heteroatoms. The van der Waals surface area contributed by atoms with Crippen LogP contribution in [0.15, 0.2) is 53.6 Å². The number of rotatable bonds is 5. The van der Waals surface area contributed by atoms with Crippen LogP contribution in [0, 0.1) is 0 Å². The number of benzene rings is 3. The molecule has 0 atom stereocenters. The molecule has 1 aliphatic heterocycles. The molecule has 0 saturated carbocycles. The number of imide groups is 1. The molecule has 1 aliphatic carbocycles. The molecule has 30 heavy (non-hydrogen) atoms. The van der Waals surface area contributed by atoms with Gasteiger partial charge in [0.25, 0.3) is 11.8 Å². The van der Waals surface area contributed by atoms with Crippen LogP contribution in [0.5, 0.6) is 0 Å². The average molecular weight is 397 g/mol. The van der Waals surface area contributed by atoms with Gasteiger partial charge in [-0.05, 0) is 73.0 Å². The molecule has 5 nitrogen and oxygen atoms in total. The van der Waals surface area contributed by atoms with E-state index in [2.05, 4.69) is 23.8 Å². The van der Waals surface area contributed by atoms with E-state index in [1.807, 2.05) is 48.5 Å². The van der Waals surface area contributed by atoms with Gasteiger partial charge in [-0.25, -0.2) is 0 Å². The minimum atomic E-state index is -0.362. The molecule has 3 aromatic carbocycles. The molecule has 0 saturated heterocycles. The van der Waals surface area contributed by atoms with E-state index >= 15 is 0 Å². The minimum absolute atomic E-state index is 0.362. The number of carbonyl (C=O) groups excluding carboxylic acids is 2. The first-order chi connectivity index (χ1) is 14.6. The lowest BCUT2D eigenvalue weighted by Gasteiger charge is -2.24. The number of nitrogens with zero attached hydrogens (tertiary/aromatic N) is 3. The molecule has 0 N–H and O–H groups in total. The van der Waals surface area contributed by atoms with E-state index in [-0.39, 0.29) is 11.8 Å². The van der Waals surface area contributed by atoms with Gasteiger partial charge in [0.2, 0.25) is 0 Å². The monoisotopic (exact) mass is 397 g/mol. The van der Waals surface area contributed by atoms with Gasteiger partial charge in [0.15, 0.2) is 0 Å². The summed E-state index contributed by atoms with van der Waals surface area (Å²) in [5, 5.41) is 7.15. The molecule has 5 rings (SSSR count). The van der Waals surface area contributed by atoms with Crippen molar-refractivity contribution in [1.29, 1.82) is 0 Å². The molecule has 0 spiro atoms. The highest BCUT2D eigenvalue weighted by molar-refractivity contribution is 6.26. The summed E-state index contributed by atoms with van der Waals surface area (Å²) in [6.45, 7) is 6.12. The summed E-state index contributed by atoms with van der Waals surface area (Å²) in [6.07, 6.45) is 3.50. The third kappa shape index (κ3) is 2.73. The first-order valence-corrected chi connectivity index (χ1v) is 10.5. The van der Waals surface area contributed by atoms with E-state index in [0.717, 1.165) is 53.0 Å². The third-order valence-electron chi connectivity index (χ3n) is 6.19. The summed E-state index contributed by atoms with van der Waals surface area (Å²) >= 11 is 0. The number of aryl methyl sites for hydroxylation is 2. The first kappa shape index (κ1) is 18.6. The fraction of sp³-hybridized carbons (Fsp3) is 0.240. The molecule has 150 valence electrons. The molecule has 0 bridgehead atoms. The smallest absolute Gasteiger partial charge is 0.282 e. The number of hydrogen-bond donors (Lipinski definition) is 0. The maximum absolute atomic E-state index is 13.1. The van der Waals surface area contributed by atoms with Crippen LogP contribution in [0.3, 0.4) is 0 Å². The third-order valence-corrected chi connectivity index (χ3v) is 6.19. The number of anilines is 1. The zero-order valence-corrected chi connectivity index (χ0v) is 17.2. The first-order valence-electron chi connectivity index (χ1n) is 10.5. The standard InChI is InChI=1S/C25H23N3O2/c1-3-27(4-2)19-11-5-16(6-12-19)15-26-28-24(29)20-13-9-17-7-8-18-10-14-21(25(28)30)23(20)22(17)18/h5-6,9-15H,3-4,7-8H2,1-2H3. The number of carbonyl (C=O) groups is 2. The highest BCUT2D eigenvalue weighted by atomic mass is 16.2. The Morgan fingerprint density at radius 2 is 1.40 bits per heavy atom. The van der Waals surface area contributed by atoms with Crippen LogP contribution in [-0.2, 0) is 12.8 Å². The lowest BCUT2D eigenvalue weighted by molar-refractivity contribution is 0.0616. The molecular formula is C25H23N3O2. The second-order valence-corrected chi connectivity index (χ2v) is 7.72. The summed E-state index contributed by atoms with van der Waals surface area (Å²) < 4.78 is 0. The highest BCUT2D eigenvalue weighted by Gasteiger charge is 2.34. The Morgan fingerprint density at radius 1 is 0.833 bits per heavy atom. The van der Waals surface area contributed by atoms with Crippen LogP contribution in [-0.4, -0.2) is 36.1 Å². The van der Waals surface area contributed by atoms with Crippen LogP contribution in [0.4, 0.5) is 5.69 Å². The van der Waals surface area contributed by atoms with Crippen LogP contribution in [0.25, 0.3) is 10.8 Å². The topological polar surface area (TPSA) is 53.0 Å². The Bertz CT molecular complexity index is 1150. The molecule has 0 aromatic heterocycles. The van der Waals surface area contributed by atoms with Gasteiger partial charge in [0, 0.05) is 24.2 Å². The van der Waals surface area contributed by atoms with Crippen molar-refractivity contribution < 1.29 is 9.59 Å². The van der Waals surface area contributed by atoms with Crippen LogP contribution in [0.1, 0.15) is 51.3 Å². The van der Waals surface area contributed by atoms with Gasteiger partial charge in [-0.3, -0.25) is 9.59 Å². The van der Waals surface area contributed by atoms with Gasteiger partial charge < -0.3 is 4.90 Å². The highest BCUT2D eigenvalue weighted by Crippen LogP contribution is 2.38. The lowest BCUT2D eigenvalue weighted by Crippen LogP contribution is -2.36. The van der Waals surface area contributed by atoms with Gasteiger partial charge in [-0.2, -0.15) is 10.1 Å². The van der Waals surface area contributed by atoms with Crippen molar-refractivity contribution in [2.75, 3.05) is 18.0 Å². The normalized spacial score (nSPS) is 14.9. The zero-order chi connectivity index (χ0) is 20.8. The quantitative estimate of drug-likeness (QED) is 0.473. The molecule has 2 amide bonds. The summed E-state index contributed by atoms with van der Waals surface area (Å²) in [4.78, 5) is 28.4. The van der Waals surface area contributed by atoms with E-state index in [4.69, 9.17) is 0 Å². The number of hydrazone groups is 1. The van der Waals surface area contributed by atoms with Gasteiger partial charge in [0.1, 0.15) is 0 Å². The van der Waals surface area contributed by atoms with Gasteiger partial charge in [0.05, 0.1) is 17.3 Å². The summed E-state index contributed by atoms with van der Waals surface area (Å²) in [5.74, 6) is -0.724. The SMILES string of the molecule is CCN(CC)c1ccc(C=NN2C(=O)c3ccc4c5c(ccc(c35)C2=O)CC4)cc1. The van der Waals surface area contributed by atoms with Gasteiger partial charge in [-0.1, -0.05) is 24.3 Å². The molecule has 2 aliphatic rings. The van der Waals surface area contributed by atoms with Crippen molar-refractivity contribution in [2.24, 2.45) is 5.10 Å². The van der Waals surface area contributed by atoms with Crippen molar-refractivity contribution in [2.45, 2.75) is 26.7 Å².